The van der Waals surface area contributed by atoms with Gasteiger partial charge in [0.2, 0.25) is 0 Å². The third-order valence-electron chi connectivity index (χ3n) is 6.69. The Morgan fingerprint density at radius 2 is 0.906 bits per heavy atom. The van der Waals surface area contributed by atoms with E-state index in [0.717, 1.165) is 32.1 Å². The van der Waals surface area contributed by atoms with E-state index in [1.807, 2.05) is 14.0 Å². The lowest BCUT2D eigenvalue weighted by Crippen LogP contribution is -2.58. The van der Waals surface area contributed by atoms with Crippen molar-refractivity contribution in [2.24, 2.45) is 0 Å². The summed E-state index contributed by atoms with van der Waals surface area (Å²) in [5, 5.41) is 0. The number of ether oxygens (including phenoxy) is 3. The van der Waals surface area contributed by atoms with Crippen molar-refractivity contribution in [1.29, 1.82) is 0 Å². The quantitative estimate of drug-likeness (QED) is 0.0921. The van der Waals surface area contributed by atoms with E-state index in [4.69, 9.17) is 14.2 Å². The second-order valence-electron chi connectivity index (χ2n) is 9.26. The second kappa shape index (κ2) is 23.8. The van der Waals surface area contributed by atoms with Crippen LogP contribution >= 0.6 is 0 Å². The maximum absolute atomic E-state index is 6.23. The summed E-state index contributed by atoms with van der Waals surface area (Å²) in [4.78, 5) is 0. The van der Waals surface area contributed by atoms with Crippen LogP contribution in [0.15, 0.2) is 12.7 Å². The highest BCUT2D eigenvalue weighted by molar-refractivity contribution is 4.96. The molecule has 0 saturated carbocycles. The van der Waals surface area contributed by atoms with Gasteiger partial charge in [0.25, 0.3) is 0 Å². The normalized spacial score (nSPS) is 13.3. The van der Waals surface area contributed by atoms with Crippen LogP contribution in [-0.2, 0) is 14.2 Å². The molecule has 0 fully saturated rings. The first-order valence-corrected chi connectivity index (χ1v) is 13.8. The molecule has 3 nitrogen and oxygen atoms in total. The maximum atomic E-state index is 6.23. The monoisotopic (exact) mass is 456 g/mol. The van der Waals surface area contributed by atoms with E-state index >= 15 is 0 Å². The van der Waals surface area contributed by atoms with Crippen LogP contribution in [0.3, 0.4) is 0 Å². The molecule has 0 N–H and O–H groups in total. The molecule has 0 aliphatic rings. The Labute approximate surface area is 203 Å². The van der Waals surface area contributed by atoms with E-state index in [0.29, 0.717) is 0 Å². The fraction of sp³-hybridized carbons (Fsp3) is 0.931. The van der Waals surface area contributed by atoms with Crippen molar-refractivity contribution in [3.8, 4) is 0 Å². The first kappa shape index (κ1) is 33.8. The molecule has 0 bridgehead atoms. The molecule has 0 aliphatic carbocycles. The van der Waals surface area contributed by atoms with E-state index in [9.17, 15) is 0 Å². The fourth-order valence-corrected chi connectivity index (χ4v) is 4.84. The average Bonchev–Trinajstić information content (AvgIpc) is 2.80. The molecule has 3 heteroatoms. The van der Waals surface area contributed by atoms with Crippen LogP contribution in [-0.4, -0.2) is 32.7 Å². The van der Waals surface area contributed by atoms with Gasteiger partial charge in [-0.25, -0.2) is 0 Å². The molecule has 0 aliphatic heterocycles. The molecular weight excluding hydrogens is 396 g/mol. The van der Waals surface area contributed by atoms with Gasteiger partial charge in [0, 0.05) is 27.8 Å². The Bertz CT molecular complexity index is 379. The fourth-order valence-electron chi connectivity index (χ4n) is 4.84. The predicted molar refractivity (Wildman–Crippen MR) is 142 cm³/mol. The minimum absolute atomic E-state index is 0.350. The van der Waals surface area contributed by atoms with Crippen molar-refractivity contribution in [1.82, 2.24) is 0 Å². The molecule has 0 aromatic carbocycles. The summed E-state index contributed by atoms with van der Waals surface area (Å²) in [6, 6.07) is 0. The van der Waals surface area contributed by atoms with Gasteiger partial charge in [0.1, 0.15) is 5.60 Å². The van der Waals surface area contributed by atoms with Crippen LogP contribution < -0.4 is 0 Å². The van der Waals surface area contributed by atoms with Gasteiger partial charge in [-0.1, -0.05) is 117 Å². The lowest BCUT2D eigenvalue weighted by molar-refractivity contribution is -0.316. The smallest absolute Gasteiger partial charge is 0.197 e. The Morgan fingerprint density at radius 1 is 0.531 bits per heavy atom. The van der Waals surface area contributed by atoms with Crippen molar-refractivity contribution in [2.75, 3.05) is 21.3 Å². The van der Waals surface area contributed by atoms with Gasteiger partial charge in [-0.3, -0.25) is 0 Å². The summed E-state index contributed by atoms with van der Waals surface area (Å²) in [5.74, 6) is -0.636. The predicted octanol–water partition coefficient (Wildman–Crippen LogP) is 9.63. The van der Waals surface area contributed by atoms with E-state index in [1.54, 1.807) is 20.3 Å². The van der Waals surface area contributed by atoms with E-state index in [1.165, 1.54) is 83.5 Å². The molecule has 1 unspecified atom stereocenters. The highest BCUT2D eigenvalue weighted by atomic mass is 16.7. The topological polar surface area (TPSA) is 27.7 Å². The van der Waals surface area contributed by atoms with Gasteiger partial charge in [-0.15, -0.1) is 6.58 Å². The summed E-state index contributed by atoms with van der Waals surface area (Å²) in [5.41, 5.74) is -0.350. The summed E-state index contributed by atoms with van der Waals surface area (Å²) in [7, 11) is 5.46. The van der Waals surface area contributed by atoms with Crippen LogP contribution in [0.25, 0.3) is 0 Å². The first-order valence-electron chi connectivity index (χ1n) is 13.8. The van der Waals surface area contributed by atoms with Gasteiger partial charge in [0.15, 0.2) is 5.79 Å². The van der Waals surface area contributed by atoms with Crippen LogP contribution in [0.2, 0.25) is 0 Å². The molecule has 0 radical (unpaired) electrons. The maximum Gasteiger partial charge on any atom is 0.197 e. The zero-order chi connectivity index (χ0) is 24.6. The molecule has 0 rings (SSSR count). The van der Waals surface area contributed by atoms with Crippen molar-refractivity contribution in [3.05, 3.63) is 12.7 Å². The van der Waals surface area contributed by atoms with E-state index in [-0.39, 0.29) is 5.60 Å². The number of methoxy groups -OCH3 is 3. The van der Waals surface area contributed by atoms with Gasteiger partial charge in [-0.05, 0) is 26.2 Å². The number of rotatable bonds is 22. The van der Waals surface area contributed by atoms with Crippen molar-refractivity contribution in [2.45, 2.75) is 155 Å². The van der Waals surface area contributed by atoms with Crippen LogP contribution in [0.1, 0.15) is 143 Å². The minimum Gasteiger partial charge on any atom is -0.373 e. The summed E-state index contributed by atoms with van der Waals surface area (Å²) in [6.07, 6.45) is 24.1. The molecule has 0 aromatic rings. The highest BCUT2D eigenvalue weighted by Gasteiger charge is 2.51. The van der Waals surface area contributed by atoms with Crippen molar-refractivity contribution in [3.63, 3.8) is 0 Å². The standard InChI is InChI=1S/C26H54O3.C3H6/c1-7-10-12-14-16-17-19-21-24-26(28-5,29-6)25(27-4,22-9-3)23-20-18-15-13-11-8-2;1-3-2/h7-24H2,1-6H3;3H,1H2,2H3. The molecule has 0 aromatic heterocycles. The van der Waals surface area contributed by atoms with E-state index < -0.39 is 5.79 Å². The molecule has 1 atom stereocenters. The Morgan fingerprint density at radius 3 is 1.25 bits per heavy atom. The summed E-state index contributed by atoms with van der Waals surface area (Å²) < 4.78 is 18.4. The van der Waals surface area contributed by atoms with Crippen molar-refractivity contribution >= 4 is 0 Å². The molecule has 0 amide bonds. The Balaban J connectivity index is 0. The zero-order valence-corrected chi connectivity index (χ0v) is 23.2. The number of allylic oxidation sites excluding steroid dienone is 1. The van der Waals surface area contributed by atoms with Crippen LogP contribution in [0.5, 0.6) is 0 Å². The van der Waals surface area contributed by atoms with Gasteiger partial charge in [0.05, 0.1) is 0 Å². The number of unbranched alkanes of at least 4 members (excludes halogenated alkanes) is 12. The number of hydrogen-bond donors (Lipinski definition) is 0. The summed E-state index contributed by atoms with van der Waals surface area (Å²) in [6.45, 7) is 12.0. The highest BCUT2D eigenvalue weighted by Crippen LogP contribution is 2.42. The average molecular weight is 457 g/mol. The third-order valence-corrected chi connectivity index (χ3v) is 6.69. The van der Waals surface area contributed by atoms with Gasteiger partial charge < -0.3 is 14.2 Å². The molecule has 0 saturated heterocycles. The zero-order valence-electron chi connectivity index (χ0n) is 23.2. The molecule has 0 spiro atoms. The van der Waals surface area contributed by atoms with E-state index in [2.05, 4.69) is 27.4 Å². The van der Waals surface area contributed by atoms with Crippen LogP contribution in [0.4, 0.5) is 0 Å². The largest absolute Gasteiger partial charge is 0.373 e. The Hall–Kier alpha value is -0.380. The van der Waals surface area contributed by atoms with Gasteiger partial charge >= 0.3 is 0 Å². The van der Waals surface area contributed by atoms with Gasteiger partial charge in [-0.2, -0.15) is 0 Å². The molecule has 194 valence electrons. The molecule has 0 heterocycles. The minimum atomic E-state index is -0.636. The molecule has 32 heavy (non-hydrogen) atoms. The summed E-state index contributed by atoms with van der Waals surface area (Å²) >= 11 is 0. The first-order chi connectivity index (χ1) is 15.5. The number of hydrogen-bond acceptors (Lipinski definition) is 3. The van der Waals surface area contributed by atoms with Crippen molar-refractivity contribution < 1.29 is 14.2 Å². The lowest BCUT2D eigenvalue weighted by Gasteiger charge is -2.48. The lowest BCUT2D eigenvalue weighted by atomic mass is 9.80. The molecular formula is C29H60O3. The SMILES string of the molecule is C=CC.CCCCCCCCCCC(OC)(OC)C(CCC)(CCCCCCCC)OC. The Kier molecular flexibility index (Phi) is 25.1. The third kappa shape index (κ3) is 14.0. The second-order valence-corrected chi connectivity index (χ2v) is 9.26. The van der Waals surface area contributed by atoms with Crippen LogP contribution in [0, 0.1) is 0 Å².